The fraction of sp³-hybridized carbons (Fsp3) is 0.885. The van der Waals surface area contributed by atoms with Crippen LogP contribution in [-0.2, 0) is 14.0 Å². The number of rotatable bonds is 4. The number of hydrogen-bond acceptors (Lipinski definition) is 3. The molecule has 1 heterocycles. The summed E-state index contributed by atoms with van der Waals surface area (Å²) in [4.78, 5) is 13.2. The van der Waals surface area contributed by atoms with Gasteiger partial charge in [-0.2, -0.15) is 0 Å². The zero-order valence-corrected chi connectivity index (χ0v) is 21.0. The molecule has 0 spiro atoms. The van der Waals surface area contributed by atoms with E-state index in [-0.39, 0.29) is 11.3 Å². The Kier molecular flexibility index (Phi) is 5.01. The van der Waals surface area contributed by atoms with E-state index >= 15 is 0 Å². The van der Waals surface area contributed by atoms with Crippen LogP contribution in [0.15, 0.2) is 11.6 Å². The van der Waals surface area contributed by atoms with Crippen LogP contribution >= 0.6 is 0 Å². The van der Waals surface area contributed by atoms with Crippen molar-refractivity contribution in [2.45, 2.75) is 97.6 Å². The van der Waals surface area contributed by atoms with E-state index in [4.69, 9.17) is 9.16 Å². The van der Waals surface area contributed by atoms with E-state index in [1.54, 1.807) is 5.57 Å². The van der Waals surface area contributed by atoms with Crippen LogP contribution in [0.3, 0.4) is 0 Å². The largest absolute Gasteiger partial charge is 0.414 e. The van der Waals surface area contributed by atoms with Crippen molar-refractivity contribution in [2.75, 3.05) is 6.61 Å². The van der Waals surface area contributed by atoms with Crippen molar-refractivity contribution >= 4 is 14.1 Å². The van der Waals surface area contributed by atoms with Gasteiger partial charge in [0.25, 0.3) is 0 Å². The summed E-state index contributed by atoms with van der Waals surface area (Å²) < 4.78 is 12.1. The molecule has 5 unspecified atom stereocenters. The highest BCUT2D eigenvalue weighted by atomic mass is 28.4. The molecule has 3 nitrogen and oxygen atoms in total. The topological polar surface area (TPSA) is 38.8 Å². The third-order valence-electron chi connectivity index (χ3n) is 9.97. The molecule has 0 aromatic carbocycles. The maximum Gasteiger partial charge on any atom is 0.184 e. The molecule has 4 fully saturated rings. The fourth-order valence-electron chi connectivity index (χ4n) is 8.53. The molecule has 4 heteroatoms. The van der Waals surface area contributed by atoms with Gasteiger partial charge in [-0.3, -0.25) is 4.79 Å². The SMILES string of the molecule is C[C@H](C1CO1)C1C(=O)CC2C3CC=C4C[C@@H](O[Si](C)(C)C)CC[C@]4(C)C3CC[C@@]21C. The van der Waals surface area contributed by atoms with Crippen LogP contribution < -0.4 is 0 Å². The number of ketones is 1. The van der Waals surface area contributed by atoms with Crippen molar-refractivity contribution in [1.82, 2.24) is 0 Å². The maximum atomic E-state index is 13.2. The summed E-state index contributed by atoms with van der Waals surface area (Å²) in [7, 11) is -1.49. The van der Waals surface area contributed by atoms with Crippen LogP contribution in [-0.4, -0.2) is 32.9 Å². The smallest absolute Gasteiger partial charge is 0.184 e. The van der Waals surface area contributed by atoms with Crippen LogP contribution in [0.4, 0.5) is 0 Å². The fourth-order valence-corrected chi connectivity index (χ4v) is 9.73. The number of Topliss-reactive ketones (excluding diaryl/α,β-unsaturated/α-hetero) is 1. The summed E-state index contributed by atoms with van der Waals surface area (Å²) in [6.45, 7) is 15.1. The summed E-state index contributed by atoms with van der Waals surface area (Å²) in [6.07, 6.45) is 11.5. The molecule has 0 aromatic heterocycles. The first-order chi connectivity index (χ1) is 14.0. The molecule has 5 aliphatic rings. The van der Waals surface area contributed by atoms with Gasteiger partial charge < -0.3 is 9.16 Å². The quantitative estimate of drug-likeness (QED) is 0.312. The molecule has 0 radical (unpaired) electrons. The second-order valence-electron chi connectivity index (χ2n) is 12.8. The Morgan fingerprint density at radius 2 is 1.87 bits per heavy atom. The van der Waals surface area contributed by atoms with E-state index in [2.05, 4.69) is 46.5 Å². The Morgan fingerprint density at radius 3 is 2.53 bits per heavy atom. The Morgan fingerprint density at radius 1 is 1.13 bits per heavy atom. The molecule has 0 amide bonds. The molecule has 1 saturated heterocycles. The summed E-state index contributed by atoms with van der Waals surface area (Å²) in [5.41, 5.74) is 2.20. The van der Waals surface area contributed by atoms with Gasteiger partial charge in [0.1, 0.15) is 5.78 Å². The Labute approximate surface area is 184 Å². The van der Waals surface area contributed by atoms with Gasteiger partial charge in [0.2, 0.25) is 0 Å². The molecule has 1 aliphatic heterocycles. The number of carbonyl (C=O) groups is 1. The summed E-state index contributed by atoms with van der Waals surface area (Å²) in [5.74, 6) is 3.16. The monoisotopic (exact) mass is 430 g/mol. The molecule has 3 saturated carbocycles. The number of ether oxygens (including phenoxy) is 1. The van der Waals surface area contributed by atoms with Gasteiger partial charge in [0.15, 0.2) is 8.32 Å². The Balaban J connectivity index is 1.39. The van der Waals surface area contributed by atoms with Gasteiger partial charge in [-0.25, -0.2) is 0 Å². The lowest BCUT2D eigenvalue weighted by molar-refractivity contribution is -0.124. The van der Waals surface area contributed by atoms with Crippen LogP contribution in [0.5, 0.6) is 0 Å². The van der Waals surface area contributed by atoms with Crippen molar-refractivity contribution in [2.24, 2.45) is 40.4 Å². The third kappa shape index (κ3) is 3.31. The second kappa shape index (κ2) is 7.02. The van der Waals surface area contributed by atoms with Crippen molar-refractivity contribution in [3.63, 3.8) is 0 Å². The van der Waals surface area contributed by atoms with Crippen molar-refractivity contribution in [3.8, 4) is 0 Å². The molecule has 0 bridgehead atoms. The number of carbonyl (C=O) groups excluding carboxylic acids is 1. The Hall–Kier alpha value is -0.453. The van der Waals surface area contributed by atoms with Gasteiger partial charge in [0.05, 0.1) is 12.7 Å². The van der Waals surface area contributed by atoms with E-state index in [9.17, 15) is 4.79 Å². The van der Waals surface area contributed by atoms with Crippen LogP contribution in [0.2, 0.25) is 19.6 Å². The van der Waals surface area contributed by atoms with Gasteiger partial charge in [-0.1, -0.05) is 32.4 Å². The molecule has 0 aromatic rings. The van der Waals surface area contributed by atoms with Crippen LogP contribution in [0.1, 0.15) is 65.7 Å². The highest BCUT2D eigenvalue weighted by Crippen LogP contribution is 2.66. The number of epoxide rings is 1. The first kappa shape index (κ1) is 21.4. The predicted octanol–water partition coefficient (Wildman–Crippen LogP) is 6.00. The standard InChI is InChI=1S/C26H42O3Si/c1-16(23-15-28-23)24-22(27)14-21-19-8-7-17-13-18(29-30(4,5)6)9-11-25(17,2)20(19)10-12-26(21,24)3/h7,16,18-21,23-24H,8-15H2,1-6H3/t16-,18+,19?,20?,21?,23?,24?,25+,26+/m1/s1. The van der Waals surface area contributed by atoms with Gasteiger partial charge in [-0.15, -0.1) is 0 Å². The van der Waals surface area contributed by atoms with Crippen molar-refractivity contribution in [1.29, 1.82) is 0 Å². The summed E-state index contributed by atoms with van der Waals surface area (Å²) >= 11 is 0. The highest BCUT2D eigenvalue weighted by Gasteiger charge is 2.63. The third-order valence-corrected chi connectivity index (χ3v) is 11.0. The van der Waals surface area contributed by atoms with Crippen LogP contribution in [0.25, 0.3) is 0 Å². The first-order valence-corrected chi connectivity index (χ1v) is 16.0. The average Bonchev–Trinajstić information content (AvgIpc) is 3.44. The molecule has 9 atom stereocenters. The lowest BCUT2D eigenvalue weighted by Crippen LogP contribution is -2.51. The summed E-state index contributed by atoms with van der Waals surface area (Å²) in [5, 5.41) is 0. The van der Waals surface area contributed by atoms with Gasteiger partial charge >= 0.3 is 0 Å². The minimum absolute atomic E-state index is 0.184. The lowest BCUT2D eigenvalue weighted by atomic mass is 9.47. The zero-order valence-electron chi connectivity index (χ0n) is 20.0. The molecule has 0 N–H and O–H groups in total. The van der Waals surface area contributed by atoms with E-state index in [1.165, 1.54) is 32.1 Å². The molecule has 4 aliphatic carbocycles. The predicted molar refractivity (Wildman–Crippen MR) is 123 cm³/mol. The molecular formula is C26H42O3Si. The minimum atomic E-state index is -1.49. The van der Waals surface area contributed by atoms with Crippen LogP contribution in [0, 0.1) is 40.4 Å². The van der Waals surface area contributed by atoms with Gasteiger partial charge in [-0.05, 0) is 92.7 Å². The number of fused-ring (bicyclic) bond motifs is 5. The van der Waals surface area contributed by atoms with E-state index in [0.29, 0.717) is 41.2 Å². The molecule has 5 rings (SSSR count). The summed E-state index contributed by atoms with van der Waals surface area (Å²) in [6, 6.07) is 0. The molecule has 30 heavy (non-hydrogen) atoms. The van der Waals surface area contributed by atoms with Gasteiger partial charge in [0, 0.05) is 18.4 Å². The van der Waals surface area contributed by atoms with E-state index in [1.807, 2.05) is 0 Å². The number of hydrogen-bond donors (Lipinski definition) is 0. The lowest BCUT2D eigenvalue weighted by Gasteiger charge is -2.58. The molecular weight excluding hydrogens is 388 g/mol. The van der Waals surface area contributed by atoms with Crippen molar-refractivity contribution < 1.29 is 14.0 Å². The second-order valence-corrected chi connectivity index (χ2v) is 17.2. The maximum absolute atomic E-state index is 13.2. The zero-order chi connectivity index (χ0) is 21.5. The molecule has 168 valence electrons. The Bertz CT molecular complexity index is 750. The average molecular weight is 431 g/mol. The minimum Gasteiger partial charge on any atom is -0.414 e. The highest BCUT2D eigenvalue weighted by molar-refractivity contribution is 6.69. The van der Waals surface area contributed by atoms with Crippen molar-refractivity contribution in [3.05, 3.63) is 11.6 Å². The first-order valence-electron chi connectivity index (χ1n) is 12.5. The van der Waals surface area contributed by atoms with E-state index < -0.39 is 8.32 Å². The normalized spacial score (nSPS) is 49.0. The number of allylic oxidation sites excluding steroid dienone is 1. The van der Waals surface area contributed by atoms with E-state index in [0.717, 1.165) is 25.4 Å².